The van der Waals surface area contributed by atoms with Crippen LogP contribution in [-0.2, 0) is 11.3 Å². The number of fused-ring (bicyclic) bond motifs is 1. The summed E-state index contributed by atoms with van der Waals surface area (Å²) in [5.74, 6) is 0.833. The van der Waals surface area contributed by atoms with Crippen LogP contribution in [0.25, 0.3) is 22.0 Å². The van der Waals surface area contributed by atoms with Crippen LogP contribution in [0.5, 0.6) is 5.75 Å². The van der Waals surface area contributed by atoms with E-state index in [9.17, 15) is 4.79 Å². The van der Waals surface area contributed by atoms with Crippen molar-refractivity contribution in [3.63, 3.8) is 0 Å². The third-order valence-corrected chi connectivity index (χ3v) is 6.71. The van der Waals surface area contributed by atoms with Gasteiger partial charge >= 0.3 is 0 Å². The maximum atomic E-state index is 13.6. The van der Waals surface area contributed by atoms with Crippen molar-refractivity contribution in [1.29, 1.82) is 0 Å². The van der Waals surface area contributed by atoms with Gasteiger partial charge in [0.25, 0.3) is 5.56 Å². The summed E-state index contributed by atoms with van der Waals surface area (Å²) in [4.78, 5) is 13.6. The Kier molecular flexibility index (Phi) is 6.25. The zero-order chi connectivity index (χ0) is 23.7. The van der Waals surface area contributed by atoms with Crippen molar-refractivity contribution in [2.24, 2.45) is 0 Å². The van der Waals surface area contributed by atoms with E-state index in [-0.39, 0.29) is 11.8 Å². The first-order chi connectivity index (χ1) is 16.5. The Balaban J connectivity index is 1.58. The van der Waals surface area contributed by atoms with Crippen LogP contribution in [0.15, 0.2) is 71.5 Å². The van der Waals surface area contributed by atoms with Crippen molar-refractivity contribution in [2.75, 3.05) is 6.61 Å². The molecule has 4 heteroatoms. The van der Waals surface area contributed by atoms with Crippen LogP contribution in [0.2, 0.25) is 0 Å². The number of nitrogens with zero attached hydrogens (tertiary/aromatic N) is 1. The molecule has 34 heavy (non-hydrogen) atoms. The number of benzene rings is 3. The van der Waals surface area contributed by atoms with E-state index in [1.165, 1.54) is 11.1 Å². The van der Waals surface area contributed by atoms with Gasteiger partial charge in [0.2, 0.25) is 0 Å². The van der Waals surface area contributed by atoms with Crippen LogP contribution >= 0.6 is 0 Å². The maximum absolute atomic E-state index is 13.6. The molecule has 0 amide bonds. The van der Waals surface area contributed by atoms with E-state index in [4.69, 9.17) is 9.47 Å². The Bertz CT molecular complexity index is 1400. The molecule has 1 aromatic heterocycles. The van der Waals surface area contributed by atoms with E-state index in [1.807, 2.05) is 41.0 Å². The lowest BCUT2D eigenvalue weighted by Crippen LogP contribution is -2.25. The first-order valence-corrected chi connectivity index (χ1v) is 12.1. The largest absolute Gasteiger partial charge is 0.465 e. The topological polar surface area (TPSA) is 40.5 Å². The molecular weight excluding hydrogens is 422 g/mol. The van der Waals surface area contributed by atoms with Crippen LogP contribution in [0, 0.1) is 20.8 Å². The highest BCUT2D eigenvalue weighted by Gasteiger charge is 2.18. The molecule has 4 aromatic rings. The number of hydrogen-bond acceptors (Lipinski definition) is 3. The molecule has 1 atom stereocenters. The second-order valence-corrected chi connectivity index (χ2v) is 9.33. The van der Waals surface area contributed by atoms with E-state index in [0.29, 0.717) is 6.54 Å². The quantitative estimate of drug-likeness (QED) is 0.344. The molecule has 5 rings (SSSR count). The lowest BCUT2D eigenvalue weighted by atomic mass is 10.0. The third-order valence-electron chi connectivity index (χ3n) is 6.71. The van der Waals surface area contributed by atoms with Gasteiger partial charge in [-0.1, -0.05) is 42.0 Å². The zero-order valence-electron chi connectivity index (χ0n) is 20.1. The molecule has 1 saturated heterocycles. The van der Waals surface area contributed by atoms with Crippen molar-refractivity contribution < 1.29 is 9.47 Å². The summed E-state index contributed by atoms with van der Waals surface area (Å²) in [5, 5.41) is 1.69. The number of ether oxygens (including phenoxy) is 2. The average molecular weight is 454 g/mol. The molecule has 1 aliphatic rings. The molecule has 0 spiro atoms. The highest BCUT2D eigenvalue weighted by atomic mass is 16.7. The Morgan fingerprint density at radius 2 is 1.79 bits per heavy atom. The van der Waals surface area contributed by atoms with E-state index in [1.54, 1.807) is 0 Å². The van der Waals surface area contributed by atoms with Gasteiger partial charge in [0.05, 0.1) is 18.8 Å². The Morgan fingerprint density at radius 3 is 2.56 bits per heavy atom. The van der Waals surface area contributed by atoms with Crippen molar-refractivity contribution in [3.8, 4) is 17.0 Å². The predicted molar refractivity (Wildman–Crippen MR) is 138 cm³/mol. The van der Waals surface area contributed by atoms with Crippen molar-refractivity contribution in [2.45, 2.75) is 52.9 Å². The fourth-order valence-electron chi connectivity index (χ4n) is 4.77. The van der Waals surface area contributed by atoms with E-state index >= 15 is 0 Å². The molecule has 4 nitrogen and oxygen atoms in total. The van der Waals surface area contributed by atoms with Crippen molar-refractivity contribution >= 4 is 10.8 Å². The summed E-state index contributed by atoms with van der Waals surface area (Å²) >= 11 is 0. The SMILES string of the molecule is Cc1ccc(Cn2c(-c3ccc(OC4CCCCO4)c(C)c3)cc3ccccc3c2=O)c(C)c1. The van der Waals surface area contributed by atoms with Crippen LogP contribution in [0.4, 0.5) is 0 Å². The first kappa shape index (κ1) is 22.4. The summed E-state index contributed by atoms with van der Waals surface area (Å²) in [6.07, 6.45) is 2.96. The minimum atomic E-state index is -0.179. The Labute approximate surface area is 200 Å². The van der Waals surface area contributed by atoms with Crippen molar-refractivity contribution in [3.05, 3.63) is 99.3 Å². The van der Waals surface area contributed by atoms with Crippen LogP contribution < -0.4 is 10.3 Å². The highest BCUT2D eigenvalue weighted by molar-refractivity contribution is 5.85. The lowest BCUT2D eigenvalue weighted by Gasteiger charge is -2.24. The number of pyridine rings is 1. The van der Waals surface area contributed by atoms with Gasteiger partial charge in [0, 0.05) is 11.8 Å². The fourth-order valence-corrected chi connectivity index (χ4v) is 4.77. The van der Waals surface area contributed by atoms with Gasteiger partial charge in [0.1, 0.15) is 5.75 Å². The highest BCUT2D eigenvalue weighted by Crippen LogP contribution is 2.30. The zero-order valence-corrected chi connectivity index (χ0v) is 20.1. The lowest BCUT2D eigenvalue weighted by molar-refractivity contribution is -0.106. The first-order valence-electron chi connectivity index (χ1n) is 12.1. The Hall–Kier alpha value is -3.37. The normalized spacial score (nSPS) is 16.0. The molecule has 0 radical (unpaired) electrons. The molecule has 0 N–H and O–H groups in total. The van der Waals surface area contributed by atoms with Gasteiger partial charge in [-0.2, -0.15) is 0 Å². The maximum Gasteiger partial charge on any atom is 0.259 e. The summed E-state index contributed by atoms with van der Waals surface area (Å²) in [6.45, 7) is 7.53. The molecule has 2 heterocycles. The van der Waals surface area contributed by atoms with E-state index < -0.39 is 0 Å². The molecule has 0 saturated carbocycles. The molecule has 3 aromatic carbocycles. The standard InChI is InChI=1S/C30H31NO3/c1-20-11-12-25(21(2)16-20)19-31-27(18-23-8-4-5-9-26(23)30(31)32)24-13-14-28(22(3)17-24)34-29-10-6-7-15-33-29/h4-5,8-9,11-14,16-18,29H,6-7,10,15,19H2,1-3H3. The molecule has 174 valence electrons. The van der Waals surface area contributed by atoms with E-state index in [0.717, 1.165) is 64.8 Å². The monoisotopic (exact) mass is 453 g/mol. The van der Waals surface area contributed by atoms with Crippen molar-refractivity contribution in [1.82, 2.24) is 4.57 Å². The van der Waals surface area contributed by atoms with Gasteiger partial charge in [0.15, 0.2) is 6.29 Å². The minimum Gasteiger partial charge on any atom is -0.465 e. The summed E-state index contributed by atoms with van der Waals surface area (Å²) in [7, 11) is 0. The summed E-state index contributed by atoms with van der Waals surface area (Å²) in [6, 6.07) is 22.5. The van der Waals surface area contributed by atoms with Gasteiger partial charge in [-0.15, -0.1) is 0 Å². The van der Waals surface area contributed by atoms with Crippen LogP contribution in [-0.4, -0.2) is 17.5 Å². The number of aryl methyl sites for hydroxylation is 3. The molecule has 1 unspecified atom stereocenters. The summed E-state index contributed by atoms with van der Waals surface area (Å²) in [5.41, 5.74) is 6.54. The number of hydrogen-bond donors (Lipinski definition) is 0. The number of aromatic nitrogens is 1. The van der Waals surface area contributed by atoms with E-state index in [2.05, 4.69) is 51.1 Å². The van der Waals surface area contributed by atoms with Crippen LogP contribution in [0.3, 0.4) is 0 Å². The van der Waals surface area contributed by atoms with Gasteiger partial charge in [-0.05, 0) is 91.6 Å². The second kappa shape index (κ2) is 9.47. The van der Waals surface area contributed by atoms with Gasteiger partial charge in [-0.3, -0.25) is 4.79 Å². The minimum absolute atomic E-state index is 0.0293. The van der Waals surface area contributed by atoms with Gasteiger partial charge in [-0.25, -0.2) is 0 Å². The molecule has 0 bridgehead atoms. The molecule has 1 fully saturated rings. The van der Waals surface area contributed by atoms with Crippen LogP contribution in [0.1, 0.15) is 41.5 Å². The molecule has 1 aliphatic heterocycles. The third kappa shape index (κ3) is 4.51. The average Bonchev–Trinajstić information content (AvgIpc) is 2.84. The predicted octanol–water partition coefficient (Wildman–Crippen LogP) is 6.55. The summed E-state index contributed by atoms with van der Waals surface area (Å²) < 4.78 is 13.8. The Morgan fingerprint density at radius 1 is 0.941 bits per heavy atom. The molecular formula is C30H31NO3. The number of rotatable bonds is 5. The second-order valence-electron chi connectivity index (χ2n) is 9.33. The smallest absolute Gasteiger partial charge is 0.259 e. The molecule has 0 aliphatic carbocycles. The van der Waals surface area contributed by atoms with Gasteiger partial charge < -0.3 is 14.0 Å². The fraction of sp³-hybridized carbons (Fsp3) is 0.300.